The normalized spacial score (nSPS) is 19.0. The smallest absolute Gasteiger partial charge is 0.328 e. The summed E-state index contributed by atoms with van der Waals surface area (Å²) in [5.74, 6) is 0.545. The number of rotatable bonds is 5. The summed E-state index contributed by atoms with van der Waals surface area (Å²) in [5, 5.41) is 6.75. The molecule has 2 amide bonds. The topological polar surface area (TPSA) is 84.7 Å². The highest BCUT2D eigenvalue weighted by Crippen LogP contribution is 2.33. The van der Waals surface area contributed by atoms with Gasteiger partial charge in [-0.3, -0.25) is 0 Å². The lowest BCUT2D eigenvalue weighted by atomic mass is 10.1. The minimum absolute atomic E-state index is 0.135. The van der Waals surface area contributed by atoms with Crippen molar-refractivity contribution in [1.29, 1.82) is 0 Å². The summed E-state index contributed by atoms with van der Waals surface area (Å²) in [6.07, 6.45) is 1.72. The number of urea groups is 1. The lowest BCUT2D eigenvalue weighted by Crippen LogP contribution is -2.46. The van der Waals surface area contributed by atoms with E-state index >= 15 is 0 Å². The van der Waals surface area contributed by atoms with Crippen molar-refractivity contribution < 1.29 is 18.8 Å². The predicted octanol–water partition coefficient (Wildman–Crippen LogP) is 2.60. The Kier molecular flexibility index (Phi) is 5.63. The van der Waals surface area contributed by atoms with Gasteiger partial charge in [-0.2, -0.15) is 0 Å². The number of hydrogen-bond acceptors (Lipinski definition) is 5. The third-order valence-corrected chi connectivity index (χ3v) is 3.96. The van der Waals surface area contributed by atoms with Crippen molar-refractivity contribution in [2.24, 2.45) is 0 Å². The molecular weight excluding hydrogens is 298 g/mol. The number of carbonyl (C=O) groups excluding carboxylic acids is 2. The molecule has 0 unspecified atom stereocenters. The summed E-state index contributed by atoms with van der Waals surface area (Å²) in [6, 6.07) is 0.819. The molecule has 0 aliphatic carbocycles. The summed E-state index contributed by atoms with van der Waals surface area (Å²) in [4.78, 5) is 25.8. The van der Waals surface area contributed by atoms with Crippen LogP contribution >= 0.6 is 0 Å². The second kappa shape index (κ2) is 7.48. The Morgan fingerprint density at radius 2 is 2.22 bits per heavy atom. The molecule has 0 spiro atoms. The molecule has 0 radical (unpaired) electrons. The third kappa shape index (κ3) is 4.03. The van der Waals surface area contributed by atoms with Crippen LogP contribution in [0.25, 0.3) is 0 Å². The van der Waals surface area contributed by atoms with Crippen LogP contribution in [0.5, 0.6) is 0 Å². The minimum atomic E-state index is -0.676. The number of amides is 2. The highest BCUT2D eigenvalue weighted by atomic mass is 16.5. The molecule has 2 heterocycles. The van der Waals surface area contributed by atoms with Crippen molar-refractivity contribution in [2.75, 3.05) is 13.2 Å². The number of nitrogens with one attached hydrogen (secondary N) is 1. The van der Waals surface area contributed by atoms with Crippen LogP contribution in [0, 0.1) is 0 Å². The zero-order chi connectivity index (χ0) is 17.0. The van der Waals surface area contributed by atoms with Crippen molar-refractivity contribution in [3.63, 3.8) is 0 Å². The van der Waals surface area contributed by atoms with Gasteiger partial charge in [0.25, 0.3) is 0 Å². The highest BCUT2D eigenvalue weighted by Gasteiger charge is 2.34. The predicted molar refractivity (Wildman–Crippen MR) is 83.9 cm³/mol. The molecule has 1 fully saturated rings. The van der Waals surface area contributed by atoms with Gasteiger partial charge in [-0.05, 0) is 32.6 Å². The molecule has 128 valence electrons. The molecule has 1 aromatic rings. The maximum Gasteiger partial charge on any atom is 0.328 e. The van der Waals surface area contributed by atoms with E-state index in [9.17, 15) is 9.59 Å². The standard InChI is InChI=1S/C16H25N3O4/c1-5-22-15(20)11(4)17-16(21)19-8-6-7-13(19)14-9-12(10(2)3)18-23-14/h9-11,13H,5-8H2,1-4H3,(H,17,21)/t11-,13+/m0/s1. The SMILES string of the molecule is CCOC(=O)[C@H](C)NC(=O)N1CCC[C@@H]1c1cc(C(C)C)no1. The Hall–Kier alpha value is -2.05. The fraction of sp³-hybridized carbons (Fsp3) is 0.688. The number of likely N-dealkylation sites (tertiary alicyclic amines) is 1. The fourth-order valence-corrected chi connectivity index (χ4v) is 2.63. The van der Waals surface area contributed by atoms with Gasteiger partial charge in [0.05, 0.1) is 18.3 Å². The maximum atomic E-state index is 12.4. The molecule has 1 aromatic heterocycles. The molecule has 2 atom stereocenters. The second-order valence-electron chi connectivity index (χ2n) is 6.08. The first-order valence-corrected chi connectivity index (χ1v) is 8.14. The first-order valence-electron chi connectivity index (χ1n) is 8.14. The van der Waals surface area contributed by atoms with Gasteiger partial charge in [0.2, 0.25) is 0 Å². The maximum absolute atomic E-state index is 12.4. The zero-order valence-corrected chi connectivity index (χ0v) is 14.2. The van der Waals surface area contributed by atoms with Crippen molar-refractivity contribution in [3.8, 4) is 0 Å². The third-order valence-electron chi connectivity index (χ3n) is 3.96. The Morgan fingerprint density at radius 1 is 1.48 bits per heavy atom. The van der Waals surface area contributed by atoms with Crippen LogP contribution in [0.4, 0.5) is 4.79 Å². The molecule has 1 aliphatic rings. The van der Waals surface area contributed by atoms with Crippen LogP contribution in [-0.4, -0.2) is 41.3 Å². The summed E-state index contributed by atoms with van der Waals surface area (Å²) >= 11 is 0. The van der Waals surface area contributed by atoms with Gasteiger partial charge in [0.1, 0.15) is 6.04 Å². The number of nitrogens with zero attached hydrogens (tertiary/aromatic N) is 2. The van der Waals surface area contributed by atoms with Crippen molar-refractivity contribution in [1.82, 2.24) is 15.4 Å². The first-order chi connectivity index (χ1) is 10.9. The van der Waals surface area contributed by atoms with Gasteiger partial charge in [0, 0.05) is 12.6 Å². The van der Waals surface area contributed by atoms with E-state index in [1.165, 1.54) is 0 Å². The van der Waals surface area contributed by atoms with Gasteiger partial charge < -0.3 is 19.5 Å². The van der Waals surface area contributed by atoms with Crippen LogP contribution in [0.1, 0.15) is 64.0 Å². The highest BCUT2D eigenvalue weighted by molar-refractivity contribution is 5.83. The van der Waals surface area contributed by atoms with E-state index in [-0.39, 0.29) is 18.0 Å². The molecule has 7 heteroatoms. The molecule has 7 nitrogen and oxygen atoms in total. The van der Waals surface area contributed by atoms with Gasteiger partial charge >= 0.3 is 12.0 Å². The van der Waals surface area contributed by atoms with E-state index in [2.05, 4.69) is 10.5 Å². The van der Waals surface area contributed by atoms with Crippen molar-refractivity contribution >= 4 is 12.0 Å². The second-order valence-corrected chi connectivity index (χ2v) is 6.08. The van der Waals surface area contributed by atoms with Crippen molar-refractivity contribution in [3.05, 3.63) is 17.5 Å². The van der Waals surface area contributed by atoms with Crippen LogP contribution in [-0.2, 0) is 9.53 Å². The Bertz CT molecular complexity index is 555. The fourth-order valence-electron chi connectivity index (χ4n) is 2.63. The van der Waals surface area contributed by atoms with E-state index in [0.717, 1.165) is 18.5 Å². The number of aromatic nitrogens is 1. The van der Waals surface area contributed by atoms with Gasteiger partial charge in [0.15, 0.2) is 5.76 Å². The number of hydrogen-bond donors (Lipinski definition) is 1. The Labute approximate surface area is 136 Å². The van der Waals surface area contributed by atoms with Gasteiger partial charge in [-0.1, -0.05) is 19.0 Å². The number of ether oxygens (including phenoxy) is 1. The summed E-state index contributed by atoms with van der Waals surface area (Å²) in [7, 11) is 0. The van der Waals surface area contributed by atoms with E-state index < -0.39 is 12.0 Å². The van der Waals surface area contributed by atoms with Crippen LogP contribution in [0.3, 0.4) is 0 Å². The Morgan fingerprint density at radius 3 is 2.83 bits per heavy atom. The molecule has 0 bridgehead atoms. The van der Waals surface area contributed by atoms with Crippen LogP contribution in [0.2, 0.25) is 0 Å². The average molecular weight is 323 g/mol. The summed E-state index contributed by atoms with van der Waals surface area (Å²) in [5.41, 5.74) is 0.882. The number of carbonyl (C=O) groups is 2. The quantitative estimate of drug-likeness (QED) is 0.842. The molecular formula is C16H25N3O4. The lowest BCUT2D eigenvalue weighted by molar-refractivity contribution is -0.144. The van der Waals surface area contributed by atoms with Gasteiger partial charge in [-0.25, -0.2) is 9.59 Å². The van der Waals surface area contributed by atoms with E-state index in [0.29, 0.717) is 18.9 Å². The molecule has 0 aromatic carbocycles. The monoisotopic (exact) mass is 323 g/mol. The molecule has 1 saturated heterocycles. The van der Waals surface area contributed by atoms with Gasteiger partial charge in [-0.15, -0.1) is 0 Å². The summed E-state index contributed by atoms with van der Waals surface area (Å²) in [6.45, 7) is 8.36. The van der Waals surface area contributed by atoms with Crippen molar-refractivity contribution in [2.45, 2.75) is 58.5 Å². The largest absolute Gasteiger partial charge is 0.464 e. The number of esters is 1. The Balaban J connectivity index is 2.02. The van der Waals surface area contributed by atoms with Crippen LogP contribution in [0.15, 0.2) is 10.6 Å². The molecule has 1 N–H and O–H groups in total. The minimum Gasteiger partial charge on any atom is -0.464 e. The zero-order valence-electron chi connectivity index (χ0n) is 14.2. The molecule has 0 saturated carbocycles. The molecule has 23 heavy (non-hydrogen) atoms. The molecule has 1 aliphatic heterocycles. The van der Waals surface area contributed by atoms with E-state index in [4.69, 9.17) is 9.26 Å². The lowest BCUT2D eigenvalue weighted by Gasteiger charge is -2.24. The first kappa shape index (κ1) is 17.3. The van der Waals surface area contributed by atoms with E-state index in [1.54, 1.807) is 18.7 Å². The summed E-state index contributed by atoms with van der Waals surface area (Å²) < 4.78 is 10.3. The molecule has 2 rings (SSSR count). The van der Waals surface area contributed by atoms with E-state index in [1.807, 2.05) is 19.9 Å². The average Bonchev–Trinajstić information content (AvgIpc) is 3.15. The van der Waals surface area contributed by atoms with Crippen LogP contribution < -0.4 is 5.32 Å².